The van der Waals surface area contributed by atoms with Crippen LogP contribution in [0.25, 0.3) is 0 Å². The monoisotopic (exact) mass is 377 g/mol. The summed E-state index contributed by atoms with van der Waals surface area (Å²) < 4.78 is 51.1. The molecule has 1 aromatic carbocycles. The molecule has 5 nitrogen and oxygen atoms in total. The fraction of sp³-hybridized carbons (Fsp3) is 0.588. The van der Waals surface area contributed by atoms with Crippen molar-refractivity contribution in [3.05, 3.63) is 29.6 Å². The molecule has 1 unspecified atom stereocenters. The lowest BCUT2D eigenvalue weighted by atomic mass is 10.2. The van der Waals surface area contributed by atoms with Crippen molar-refractivity contribution in [2.24, 2.45) is 0 Å². The molecular formula is C17H23F4N3O2. The topological polar surface area (TPSA) is 64.6 Å². The molecule has 1 aromatic rings. The van der Waals surface area contributed by atoms with Gasteiger partial charge in [-0.3, -0.25) is 4.90 Å². The maximum absolute atomic E-state index is 13.2. The van der Waals surface area contributed by atoms with Crippen LogP contribution in [0.15, 0.2) is 18.2 Å². The average Bonchev–Trinajstić information content (AvgIpc) is 3.02. The van der Waals surface area contributed by atoms with Crippen molar-refractivity contribution in [2.45, 2.75) is 37.9 Å². The number of nitrogens with one attached hydrogen (secondary N) is 2. The van der Waals surface area contributed by atoms with Gasteiger partial charge in [0.15, 0.2) is 0 Å². The first kappa shape index (κ1) is 20.4. The molecule has 2 amide bonds. The number of rotatable bonds is 7. The quantitative estimate of drug-likeness (QED) is 0.505. The van der Waals surface area contributed by atoms with E-state index in [0.29, 0.717) is 25.1 Å². The Kier molecular flexibility index (Phi) is 7.22. The van der Waals surface area contributed by atoms with Gasteiger partial charge in [0, 0.05) is 18.3 Å². The largest absolute Gasteiger partial charge is 0.419 e. The van der Waals surface area contributed by atoms with Crippen LogP contribution in [0.3, 0.4) is 0 Å². The number of carbonyl (C=O) groups is 1. The fourth-order valence-corrected chi connectivity index (χ4v) is 3.03. The Morgan fingerprint density at radius 3 is 2.77 bits per heavy atom. The molecule has 1 fully saturated rings. The minimum atomic E-state index is -4.82. The number of alkyl halides is 3. The van der Waals surface area contributed by atoms with E-state index in [0.717, 1.165) is 38.4 Å². The third kappa shape index (κ3) is 5.84. The molecule has 0 saturated carbocycles. The Labute approximate surface area is 149 Å². The molecule has 1 atom stereocenters. The Balaban J connectivity index is 1.71. The molecule has 146 valence electrons. The van der Waals surface area contributed by atoms with Gasteiger partial charge in [0.2, 0.25) is 0 Å². The lowest BCUT2D eigenvalue weighted by Crippen LogP contribution is -2.34. The summed E-state index contributed by atoms with van der Waals surface area (Å²) in [5.74, 6) is -1.38. The fourth-order valence-electron chi connectivity index (χ4n) is 3.03. The van der Waals surface area contributed by atoms with Gasteiger partial charge in [0.25, 0.3) is 0 Å². The zero-order valence-corrected chi connectivity index (χ0v) is 14.3. The molecule has 0 spiro atoms. The molecular weight excluding hydrogens is 354 g/mol. The van der Waals surface area contributed by atoms with Crippen LogP contribution < -0.4 is 10.6 Å². The van der Waals surface area contributed by atoms with Crippen LogP contribution in [0.5, 0.6) is 0 Å². The van der Waals surface area contributed by atoms with E-state index in [1.807, 2.05) is 0 Å². The van der Waals surface area contributed by atoms with Gasteiger partial charge in [-0.2, -0.15) is 13.2 Å². The van der Waals surface area contributed by atoms with Gasteiger partial charge in [0.05, 0.1) is 12.2 Å². The molecule has 26 heavy (non-hydrogen) atoms. The summed E-state index contributed by atoms with van der Waals surface area (Å²) >= 11 is 0. The summed E-state index contributed by atoms with van der Waals surface area (Å²) in [6.45, 7) is 2.32. The van der Waals surface area contributed by atoms with E-state index in [1.54, 1.807) is 0 Å². The van der Waals surface area contributed by atoms with Crippen molar-refractivity contribution in [1.82, 2.24) is 10.2 Å². The lowest BCUT2D eigenvalue weighted by Gasteiger charge is -2.22. The minimum absolute atomic E-state index is 0.126. The van der Waals surface area contributed by atoms with Crippen LogP contribution in [0.4, 0.5) is 28.0 Å². The molecule has 1 aliphatic rings. The molecule has 0 bridgehead atoms. The van der Waals surface area contributed by atoms with Crippen molar-refractivity contribution < 1.29 is 27.5 Å². The number of aliphatic hydroxyl groups excluding tert-OH is 1. The number of nitrogens with zero attached hydrogens (tertiary/aromatic N) is 1. The highest BCUT2D eigenvalue weighted by Gasteiger charge is 2.34. The number of anilines is 1. The number of benzene rings is 1. The highest BCUT2D eigenvalue weighted by molar-refractivity contribution is 5.89. The SMILES string of the molecule is O=C(NCCCCN1CCCC1CO)Nc1ccc(F)c(C(F)(F)F)c1. The summed E-state index contributed by atoms with van der Waals surface area (Å²) in [4.78, 5) is 14.0. The smallest absolute Gasteiger partial charge is 0.395 e. The number of unbranched alkanes of at least 4 members (excludes halogenated alkanes) is 1. The molecule has 9 heteroatoms. The van der Waals surface area contributed by atoms with E-state index in [1.165, 1.54) is 0 Å². The number of hydrogen-bond donors (Lipinski definition) is 3. The first-order valence-electron chi connectivity index (χ1n) is 8.58. The summed E-state index contributed by atoms with van der Waals surface area (Å²) in [6.07, 6.45) is -1.21. The second-order valence-electron chi connectivity index (χ2n) is 6.29. The zero-order chi connectivity index (χ0) is 19.2. The summed E-state index contributed by atoms with van der Waals surface area (Å²) in [6, 6.07) is 1.89. The van der Waals surface area contributed by atoms with Crippen LogP contribution in [0.2, 0.25) is 0 Å². The first-order chi connectivity index (χ1) is 12.3. The van der Waals surface area contributed by atoms with E-state index in [4.69, 9.17) is 0 Å². The summed E-state index contributed by atoms with van der Waals surface area (Å²) in [7, 11) is 0. The van der Waals surface area contributed by atoms with Gasteiger partial charge in [-0.25, -0.2) is 9.18 Å². The maximum Gasteiger partial charge on any atom is 0.419 e. The van der Waals surface area contributed by atoms with Gasteiger partial charge in [-0.15, -0.1) is 0 Å². The predicted molar refractivity (Wildman–Crippen MR) is 89.3 cm³/mol. The average molecular weight is 377 g/mol. The predicted octanol–water partition coefficient (Wildman–Crippen LogP) is 3.20. The van der Waals surface area contributed by atoms with Crippen LogP contribution >= 0.6 is 0 Å². The van der Waals surface area contributed by atoms with Gasteiger partial charge in [0.1, 0.15) is 5.82 Å². The minimum Gasteiger partial charge on any atom is -0.395 e. The number of amides is 2. The summed E-state index contributed by atoms with van der Waals surface area (Å²) in [5, 5.41) is 14.1. The van der Waals surface area contributed by atoms with E-state index < -0.39 is 23.6 Å². The van der Waals surface area contributed by atoms with Crippen LogP contribution in [-0.4, -0.2) is 48.3 Å². The van der Waals surface area contributed by atoms with Crippen LogP contribution in [0.1, 0.15) is 31.2 Å². The molecule has 0 aliphatic carbocycles. The van der Waals surface area contributed by atoms with E-state index in [-0.39, 0.29) is 18.3 Å². The van der Waals surface area contributed by atoms with Crippen molar-refractivity contribution in [3.8, 4) is 0 Å². The second kappa shape index (κ2) is 9.18. The molecule has 0 aromatic heterocycles. The third-order valence-electron chi connectivity index (χ3n) is 4.40. The van der Waals surface area contributed by atoms with E-state index in [9.17, 15) is 27.5 Å². The van der Waals surface area contributed by atoms with E-state index in [2.05, 4.69) is 15.5 Å². The van der Waals surface area contributed by atoms with Gasteiger partial charge in [-0.05, 0) is 57.0 Å². The number of hydrogen-bond acceptors (Lipinski definition) is 3. The van der Waals surface area contributed by atoms with Crippen molar-refractivity contribution in [2.75, 3.05) is 31.6 Å². The zero-order valence-electron chi connectivity index (χ0n) is 14.3. The van der Waals surface area contributed by atoms with Crippen LogP contribution in [0, 0.1) is 5.82 Å². The molecule has 0 radical (unpaired) electrons. The Morgan fingerprint density at radius 2 is 2.08 bits per heavy atom. The number of aliphatic hydroxyl groups is 1. The number of urea groups is 1. The summed E-state index contributed by atoms with van der Waals surface area (Å²) in [5.41, 5.74) is -1.54. The van der Waals surface area contributed by atoms with Crippen molar-refractivity contribution in [3.63, 3.8) is 0 Å². The molecule has 1 aliphatic heterocycles. The van der Waals surface area contributed by atoms with Gasteiger partial charge < -0.3 is 15.7 Å². The highest BCUT2D eigenvalue weighted by Crippen LogP contribution is 2.32. The first-order valence-corrected chi connectivity index (χ1v) is 8.58. The molecule has 2 rings (SSSR count). The number of halogens is 4. The molecule has 3 N–H and O–H groups in total. The highest BCUT2D eigenvalue weighted by atomic mass is 19.4. The lowest BCUT2D eigenvalue weighted by molar-refractivity contribution is -0.139. The number of carbonyl (C=O) groups excluding carboxylic acids is 1. The van der Waals surface area contributed by atoms with Crippen molar-refractivity contribution in [1.29, 1.82) is 0 Å². The van der Waals surface area contributed by atoms with Gasteiger partial charge in [-0.1, -0.05) is 0 Å². The maximum atomic E-state index is 13.2. The molecule has 1 saturated heterocycles. The Morgan fingerprint density at radius 1 is 1.31 bits per heavy atom. The second-order valence-corrected chi connectivity index (χ2v) is 6.29. The van der Waals surface area contributed by atoms with Crippen molar-refractivity contribution >= 4 is 11.7 Å². The normalized spacial score (nSPS) is 18.1. The Bertz CT molecular complexity index is 610. The number of likely N-dealkylation sites (tertiary alicyclic amines) is 1. The third-order valence-corrected chi connectivity index (χ3v) is 4.40. The standard InChI is InChI=1S/C17H23F4N3O2/c18-15-6-5-12(10-14(15)17(19,20)21)23-16(26)22-7-1-2-8-24-9-3-4-13(24)11-25/h5-6,10,13,25H,1-4,7-9,11H2,(H2,22,23,26). The van der Waals surface area contributed by atoms with Gasteiger partial charge >= 0.3 is 12.2 Å². The van der Waals surface area contributed by atoms with Crippen LogP contribution in [-0.2, 0) is 6.18 Å². The Hall–Kier alpha value is -1.87. The van der Waals surface area contributed by atoms with E-state index >= 15 is 0 Å². The molecule has 1 heterocycles.